The number of aryl methyl sites for hydroxylation is 1. The van der Waals surface area contributed by atoms with Crippen LogP contribution in [0.15, 0.2) is 48.5 Å². The summed E-state index contributed by atoms with van der Waals surface area (Å²) < 4.78 is 5.61. The highest BCUT2D eigenvalue weighted by atomic mass is 16.5. The van der Waals surface area contributed by atoms with E-state index in [1.54, 1.807) is 0 Å². The number of piperazine rings is 1. The van der Waals surface area contributed by atoms with Gasteiger partial charge < -0.3 is 24.3 Å². The molecular weight excluding hydrogens is 448 g/mol. The van der Waals surface area contributed by atoms with Crippen LogP contribution in [0.4, 0.5) is 23.1 Å². The summed E-state index contributed by atoms with van der Waals surface area (Å²) in [6.45, 7) is 10.6. The van der Waals surface area contributed by atoms with Gasteiger partial charge in [-0.2, -0.15) is 4.98 Å². The van der Waals surface area contributed by atoms with Gasteiger partial charge in [-0.3, -0.25) is 0 Å². The summed E-state index contributed by atoms with van der Waals surface area (Å²) in [5, 5.41) is 0. The minimum atomic E-state index is 0.720. The second-order valence-corrected chi connectivity index (χ2v) is 10.0. The van der Waals surface area contributed by atoms with Crippen molar-refractivity contribution in [3.05, 3.63) is 59.7 Å². The fourth-order valence-corrected chi connectivity index (χ4v) is 5.50. The molecule has 3 aliphatic rings. The summed E-state index contributed by atoms with van der Waals surface area (Å²) in [5.74, 6) is 1.87. The van der Waals surface area contributed by atoms with E-state index in [1.807, 2.05) is 0 Å². The van der Waals surface area contributed by atoms with Gasteiger partial charge in [-0.15, -0.1) is 0 Å². The van der Waals surface area contributed by atoms with E-state index in [2.05, 4.69) is 82.1 Å². The van der Waals surface area contributed by atoms with Crippen LogP contribution in [0.2, 0.25) is 0 Å². The lowest BCUT2D eigenvalue weighted by atomic mass is 10.0. The molecule has 0 spiro atoms. The van der Waals surface area contributed by atoms with Crippen molar-refractivity contribution in [3.63, 3.8) is 0 Å². The van der Waals surface area contributed by atoms with Gasteiger partial charge in [0.1, 0.15) is 5.82 Å². The van der Waals surface area contributed by atoms with Crippen molar-refractivity contribution >= 4 is 23.1 Å². The molecular formula is C29H36N6O. The zero-order chi connectivity index (χ0) is 24.5. The molecule has 0 amide bonds. The Morgan fingerprint density at radius 1 is 0.806 bits per heavy atom. The highest BCUT2D eigenvalue weighted by molar-refractivity contribution is 5.78. The largest absolute Gasteiger partial charge is 0.378 e. The Bertz CT molecular complexity index is 1220. The van der Waals surface area contributed by atoms with Crippen LogP contribution in [0, 0.1) is 0 Å². The minimum absolute atomic E-state index is 0.720. The molecule has 0 atom stereocenters. The number of rotatable bonds is 5. The molecule has 0 N–H and O–H groups in total. The molecule has 0 unspecified atom stereocenters. The van der Waals surface area contributed by atoms with Crippen molar-refractivity contribution in [3.8, 4) is 11.3 Å². The number of hydrogen-bond donors (Lipinski definition) is 0. The maximum absolute atomic E-state index is 5.61. The van der Waals surface area contributed by atoms with Gasteiger partial charge in [0.05, 0.1) is 18.9 Å². The quantitative estimate of drug-likeness (QED) is 0.543. The predicted octanol–water partition coefficient (Wildman–Crippen LogP) is 3.99. The number of fused-ring (bicyclic) bond motifs is 1. The molecule has 2 aromatic carbocycles. The standard InChI is InChI=1S/C29H36N6O/c1-3-22-6-4-7-23(20-22)27-26-10-11-35(28(26)31-29(30-27)34-16-18-36-19-17-34)25-9-5-8-24(21-25)33-14-12-32(2)13-15-33/h4-9,20-21H,3,10-19H2,1-2H3. The maximum atomic E-state index is 5.61. The van der Waals surface area contributed by atoms with Crippen LogP contribution >= 0.6 is 0 Å². The summed E-state index contributed by atoms with van der Waals surface area (Å²) in [4.78, 5) is 19.9. The Balaban J connectivity index is 1.40. The molecule has 7 heteroatoms. The van der Waals surface area contributed by atoms with Crippen molar-refractivity contribution in [2.24, 2.45) is 0 Å². The van der Waals surface area contributed by atoms with Crippen molar-refractivity contribution < 1.29 is 4.74 Å². The van der Waals surface area contributed by atoms with E-state index < -0.39 is 0 Å². The molecule has 0 aliphatic carbocycles. The van der Waals surface area contributed by atoms with Crippen molar-refractivity contribution in [2.75, 3.05) is 80.8 Å². The lowest BCUT2D eigenvalue weighted by molar-refractivity contribution is 0.122. The zero-order valence-corrected chi connectivity index (χ0v) is 21.5. The predicted molar refractivity (Wildman–Crippen MR) is 147 cm³/mol. The Morgan fingerprint density at radius 2 is 1.58 bits per heavy atom. The highest BCUT2D eigenvalue weighted by Gasteiger charge is 2.29. The minimum Gasteiger partial charge on any atom is -0.378 e. The molecule has 7 nitrogen and oxygen atoms in total. The average Bonchev–Trinajstić information content (AvgIpc) is 3.38. The Kier molecular flexibility index (Phi) is 6.50. The van der Waals surface area contributed by atoms with Crippen LogP contribution < -0.4 is 14.7 Å². The van der Waals surface area contributed by atoms with E-state index in [0.29, 0.717) is 0 Å². The molecule has 6 rings (SSSR count). The second kappa shape index (κ2) is 10.1. The van der Waals surface area contributed by atoms with E-state index in [1.165, 1.54) is 28.1 Å². The third-order valence-electron chi connectivity index (χ3n) is 7.73. The van der Waals surface area contributed by atoms with Gasteiger partial charge in [0.15, 0.2) is 0 Å². The number of hydrogen-bond acceptors (Lipinski definition) is 7. The average molecular weight is 485 g/mol. The number of morpholine rings is 1. The molecule has 36 heavy (non-hydrogen) atoms. The smallest absolute Gasteiger partial charge is 0.228 e. The number of benzene rings is 2. The fourth-order valence-electron chi connectivity index (χ4n) is 5.50. The van der Waals surface area contributed by atoms with Gasteiger partial charge in [-0.05, 0) is 49.7 Å². The number of likely N-dealkylation sites (N-methyl/N-ethyl adjacent to an activating group) is 1. The summed E-state index contributed by atoms with van der Waals surface area (Å²) in [7, 11) is 2.20. The van der Waals surface area contributed by atoms with Crippen LogP contribution in [0.5, 0.6) is 0 Å². The second-order valence-electron chi connectivity index (χ2n) is 10.0. The Morgan fingerprint density at radius 3 is 2.39 bits per heavy atom. The van der Waals surface area contributed by atoms with Gasteiger partial charge in [0.25, 0.3) is 0 Å². The lowest BCUT2D eigenvalue weighted by Gasteiger charge is -2.34. The van der Waals surface area contributed by atoms with E-state index in [9.17, 15) is 0 Å². The zero-order valence-electron chi connectivity index (χ0n) is 21.5. The van der Waals surface area contributed by atoms with Gasteiger partial charge in [0.2, 0.25) is 5.95 Å². The molecule has 2 saturated heterocycles. The third-order valence-corrected chi connectivity index (χ3v) is 7.73. The first kappa shape index (κ1) is 23.3. The van der Waals surface area contributed by atoms with E-state index in [0.717, 1.165) is 89.3 Å². The first-order chi connectivity index (χ1) is 17.7. The monoisotopic (exact) mass is 484 g/mol. The first-order valence-corrected chi connectivity index (χ1v) is 13.3. The van der Waals surface area contributed by atoms with Crippen LogP contribution in [0.25, 0.3) is 11.3 Å². The summed E-state index contributed by atoms with van der Waals surface area (Å²) in [5.41, 5.74) is 7.37. The van der Waals surface area contributed by atoms with Crippen LogP contribution in [0.1, 0.15) is 18.1 Å². The highest BCUT2D eigenvalue weighted by Crippen LogP contribution is 2.40. The van der Waals surface area contributed by atoms with Gasteiger partial charge in [-0.1, -0.05) is 31.2 Å². The van der Waals surface area contributed by atoms with Crippen molar-refractivity contribution in [1.29, 1.82) is 0 Å². The first-order valence-electron chi connectivity index (χ1n) is 13.3. The van der Waals surface area contributed by atoms with Gasteiger partial charge in [0, 0.05) is 68.3 Å². The van der Waals surface area contributed by atoms with Crippen molar-refractivity contribution in [2.45, 2.75) is 19.8 Å². The third kappa shape index (κ3) is 4.53. The topological polar surface area (TPSA) is 48.0 Å². The molecule has 0 saturated carbocycles. The molecule has 4 heterocycles. The van der Waals surface area contributed by atoms with E-state index in [-0.39, 0.29) is 0 Å². The maximum Gasteiger partial charge on any atom is 0.228 e. The summed E-state index contributed by atoms with van der Waals surface area (Å²) >= 11 is 0. The fraction of sp³-hybridized carbons (Fsp3) is 0.448. The number of aromatic nitrogens is 2. The van der Waals surface area contributed by atoms with E-state index >= 15 is 0 Å². The molecule has 2 fully saturated rings. The van der Waals surface area contributed by atoms with Gasteiger partial charge in [-0.25, -0.2) is 4.98 Å². The summed E-state index contributed by atoms with van der Waals surface area (Å²) in [6, 6.07) is 17.8. The number of ether oxygens (including phenoxy) is 1. The van der Waals surface area contributed by atoms with Crippen LogP contribution in [-0.2, 0) is 17.6 Å². The van der Waals surface area contributed by atoms with Crippen LogP contribution in [0.3, 0.4) is 0 Å². The van der Waals surface area contributed by atoms with Gasteiger partial charge >= 0.3 is 0 Å². The van der Waals surface area contributed by atoms with Crippen molar-refractivity contribution in [1.82, 2.24) is 14.9 Å². The molecule has 0 bridgehead atoms. The molecule has 3 aromatic rings. The van der Waals surface area contributed by atoms with E-state index in [4.69, 9.17) is 14.7 Å². The lowest BCUT2D eigenvalue weighted by Crippen LogP contribution is -2.44. The SMILES string of the molecule is CCc1cccc(-c2nc(N3CCOCC3)nc3c2CCN3c2cccc(N3CCN(C)CC3)c2)c1. The number of anilines is 4. The number of nitrogens with zero attached hydrogens (tertiary/aromatic N) is 6. The molecule has 3 aliphatic heterocycles. The molecule has 1 aromatic heterocycles. The van der Waals surface area contributed by atoms with Crippen LogP contribution in [-0.4, -0.2) is 80.9 Å². The molecule has 0 radical (unpaired) electrons. The molecule has 188 valence electrons. The Labute approximate surface area is 214 Å². The Hall–Kier alpha value is -3.16. The summed E-state index contributed by atoms with van der Waals surface area (Å²) in [6.07, 6.45) is 1.96. The normalized spacial score (nSPS) is 18.6.